The van der Waals surface area contributed by atoms with Crippen molar-refractivity contribution >= 4 is 32.3 Å². The summed E-state index contributed by atoms with van der Waals surface area (Å²) in [4.78, 5) is -0.329. The Morgan fingerprint density at radius 3 is 2.21 bits per heavy atom. The van der Waals surface area contributed by atoms with Crippen LogP contribution in [0, 0.1) is 0 Å². The fourth-order valence-electron chi connectivity index (χ4n) is 2.14. The summed E-state index contributed by atoms with van der Waals surface area (Å²) in [5.41, 5.74) is 0.688. The number of hydrogen-bond acceptors (Lipinski definition) is 6. The second-order valence-electron chi connectivity index (χ2n) is 4.80. The first-order valence-corrected chi connectivity index (χ1v) is 8.04. The van der Waals surface area contributed by atoms with Crippen molar-refractivity contribution < 1.29 is 47.6 Å². The molecule has 6 nitrogen and oxygen atoms in total. The number of fused-ring (bicyclic) bond motifs is 1. The molecule has 0 unspecified atom stereocenters. The third-order valence-electron chi connectivity index (χ3n) is 3.27. The van der Waals surface area contributed by atoms with E-state index in [1.54, 1.807) is 6.07 Å². The molecule has 0 amide bonds. The van der Waals surface area contributed by atoms with E-state index >= 15 is 0 Å². The molecule has 3 rings (SSSR count). The van der Waals surface area contributed by atoms with Gasteiger partial charge in [0.05, 0.1) is 10.6 Å². The number of hydrogen-bond donors (Lipinski definition) is 1. The molecule has 0 saturated carbocycles. The Morgan fingerprint density at radius 2 is 1.54 bits per heavy atom. The summed E-state index contributed by atoms with van der Waals surface area (Å²) in [6, 6.07) is 15.8. The van der Waals surface area contributed by atoms with Gasteiger partial charge in [-0.05, 0) is 35.7 Å². The van der Waals surface area contributed by atoms with E-state index in [4.69, 9.17) is 0 Å². The van der Waals surface area contributed by atoms with Crippen molar-refractivity contribution in [2.24, 2.45) is 10.2 Å². The van der Waals surface area contributed by atoms with Crippen LogP contribution >= 0.6 is 0 Å². The zero-order chi connectivity index (χ0) is 16.4. The van der Waals surface area contributed by atoms with Crippen LogP contribution in [-0.4, -0.2) is 18.1 Å². The quantitative estimate of drug-likeness (QED) is 0.430. The Hall–Kier alpha value is -1.77. The maximum absolute atomic E-state index is 10.9. The molecule has 0 aliphatic heterocycles. The Bertz CT molecular complexity index is 1000. The molecular weight excluding hydrogens is 339 g/mol. The molecule has 0 radical (unpaired) electrons. The van der Waals surface area contributed by atoms with Crippen molar-refractivity contribution in [1.82, 2.24) is 0 Å². The SMILES string of the molecule is O=S(=O)([O-])c1ccc(N=Nc2c(O)ccc3ccccc23)cc1.[Na+]. The molecule has 0 fully saturated rings. The molecule has 0 bridgehead atoms. The summed E-state index contributed by atoms with van der Waals surface area (Å²) in [6.07, 6.45) is 0. The molecule has 0 heterocycles. The fraction of sp³-hybridized carbons (Fsp3) is 0. The van der Waals surface area contributed by atoms with Crippen LogP contribution in [0.4, 0.5) is 11.4 Å². The van der Waals surface area contributed by atoms with Gasteiger partial charge in [-0.2, -0.15) is 5.11 Å². The predicted molar refractivity (Wildman–Crippen MR) is 84.2 cm³/mol. The molecule has 0 aromatic heterocycles. The Labute approximate surface area is 160 Å². The van der Waals surface area contributed by atoms with Gasteiger partial charge in [0.15, 0.2) is 0 Å². The number of phenolic OH excluding ortho intramolecular Hbond substituents is 1. The van der Waals surface area contributed by atoms with Crippen molar-refractivity contribution in [3.05, 3.63) is 60.7 Å². The first kappa shape index (κ1) is 18.6. The van der Waals surface area contributed by atoms with Crippen LogP contribution in [0.15, 0.2) is 75.8 Å². The number of rotatable bonds is 3. The van der Waals surface area contributed by atoms with E-state index in [0.29, 0.717) is 11.4 Å². The Kier molecular flexibility index (Phi) is 5.74. The summed E-state index contributed by atoms with van der Waals surface area (Å²) >= 11 is 0. The molecule has 8 heteroatoms. The third kappa shape index (κ3) is 4.00. The number of azo groups is 1. The van der Waals surface area contributed by atoms with E-state index < -0.39 is 10.1 Å². The van der Waals surface area contributed by atoms with Crippen molar-refractivity contribution in [1.29, 1.82) is 0 Å². The zero-order valence-corrected chi connectivity index (χ0v) is 15.6. The summed E-state index contributed by atoms with van der Waals surface area (Å²) < 4.78 is 32.6. The van der Waals surface area contributed by atoms with Crippen LogP contribution in [0.25, 0.3) is 10.8 Å². The number of benzene rings is 3. The van der Waals surface area contributed by atoms with Crippen LogP contribution in [0.1, 0.15) is 0 Å². The molecular formula is C16H11N2NaO4S. The third-order valence-corrected chi connectivity index (χ3v) is 4.12. The predicted octanol–water partition coefficient (Wildman–Crippen LogP) is 0.869. The van der Waals surface area contributed by atoms with Gasteiger partial charge in [-0.1, -0.05) is 30.3 Å². The van der Waals surface area contributed by atoms with E-state index in [9.17, 15) is 18.1 Å². The van der Waals surface area contributed by atoms with Crippen LogP contribution in [0.5, 0.6) is 5.75 Å². The molecule has 0 aliphatic carbocycles. The fourth-order valence-corrected chi connectivity index (χ4v) is 2.61. The topological polar surface area (TPSA) is 102 Å². The van der Waals surface area contributed by atoms with Crippen LogP contribution in [0.3, 0.4) is 0 Å². The smallest absolute Gasteiger partial charge is 0.744 e. The van der Waals surface area contributed by atoms with Gasteiger partial charge in [0, 0.05) is 5.39 Å². The molecule has 0 aliphatic rings. The first-order valence-electron chi connectivity index (χ1n) is 6.63. The minimum atomic E-state index is -4.48. The molecule has 0 saturated heterocycles. The van der Waals surface area contributed by atoms with Crippen molar-refractivity contribution in [3.63, 3.8) is 0 Å². The van der Waals surface area contributed by atoms with Gasteiger partial charge < -0.3 is 9.66 Å². The normalized spacial score (nSPS) is 11.5. The maximum atomic E-state index is 10.9. The standard InChI is InChI=1S/C16H12N2O4S.Na/c19-15-10-5-11-3-1-2-4-14(11)16(15)18-17-12-6-8-13(9-7-12)23(20,21)22;/h1-10,19H,(H,20,21,22);/q;+1/p-1. The van der Waals surface area contributed by atoms with Gasteiger partial charge in [-0.25, -0.2) is 8.42 Å². The first-order chi connectivity index (χ1) is 10.9. The van der Waals surface area contributed by atoms with Crippen molar-refractivity contribution in [3.8, 4) is 5.75 Å². The Morgan fingerprint density at radius 1 is 0.875 bits per heavy atom. The monoisotopic (exact) mass is 350 g/mol. The second kappa shape index (κ2) is 7.42. The number of phenols is 1. The molecule has 0 atom stereocenters. The Balaban J connectivity index is 0.00000208. The minimum Gasteiger partial charge on any atom is -0.744 e. The minimum absolute atomic E-state index is 0. The van der Waals surface area contributed by atoms with E-state index in [0.717, 1.165) is 10.8 Å². The summed E-state index contributed by atoms with van der Waals surface area (Å²) in [7, 11) is -4.48. The molecule has 0 spiro atoms. The van der Waals surface area contributed by atoms with Gasteiger partial charge in [0.1, 0.15) is 21.6 Å². The molecule has 3 aromatic rings. The largest absolute Gasteiger partial charge is 1.00 e. The van der Waals surface area contributed by atoms with Crippen LogP contribution in [-0.2, 0) is 10.1 Å². The van der Waals surface area contributed by atoms with Gasteiger partial charge in [0.25, 0.3) is 0 Å². The van der Waals surface area contributed by atoms with Gasteiger partial charge >= 0.3 is 29.6 Å². The summed E-state index contributed by atoms with van der Waals surface area (Å²) in [5, 5.41) is 19.6. The number of nitrogens with zero attached hydrogens (tertiary/aromatic N) is 2. The molecule has 1 N–H and O–H groups in total. The average molecular weight is 350 g/mol. The van der Waals surface area contributed by atoms with Gasteiger partial charge in [0.2, 0.25) is 0 Å². The van der Waals surface area contributed by atoms with Crippen LogP contribution < -0.4 is 29.6 Å². The second-order valence-corrected chi connectivity index (χ2v) is 6.18. The van der Waals surface area contributed by atoms with E-state index in [1.165, 1.54) is 30.3 Å². The van der Waals surface area contributed by atoms with E-state index in [1.807, 2.05) is 24.3 Å². The average Bonchev–Trinajstić information content (AvgIpc) is 2.53. The zero-order valence-electron chi connectivity index (χ0n) is 12.7. The summed E-state index contributed by atoms with van der Waals surface area (Å²) in [5.74, 6) is -0.00814. The van der Waals surface area contributed by atoms with Gasteiger partial charge in [-0.3, -0.25) is 0 Å². The summed E-state index contributed by atoms with van der Waals surface area (Å²) in [6.45, 7) is 0. The van der Waals surface area contributed by atoms with Crippen molar-refractivity contribution in [2.45, 2.75) is 4.90 Å². The van der Waals surface area contributed by atoms with E-state index in [2.05, 4.69) is 10.2 Å². The molecule has 24 heavy (non-hydrogen) atoms. The molecule has 116 valence electrons. The molecule has 3 aromatic carbocycles. The van der Waals surface area contributed by atoms with Crippen LogP contribution in [0.2, 0.25) is 0 Å². The van der Waals surface area contributed by atoms with Gasteiger partial charge in [-0.15, -0.1) is 5.11 Å². The van der Waals surface area contributed by atoms with Crippen molar-refractivity contribution in [2.75, 3.05) is 0 Å². The maximum Gasteiger partial charge on any atom is 1.00 e. The van der Waals surface area contributed by atoms with E-state index in [-0.39, 0.29) is 40.2 Å². The number of aromatic hydroxyl groups is 1.